The standard InChI is InChI=1S/C11H16N2/c1-6-10-11(9(4)8(2)3)12-7-13(10)5/h6-8H,1,4H2,2-3,5H3. The number of imidazole rings is 1. The number of aryl methyl sites for hydroxylation is 1. The van der Waals surface area contributed by atoms with Gasteiger partial charge < -0.3 is 4.57 Å². The zero-order valence-electron chi connectivity index (χ0n) is 8.54. The van der Waals surface area contributed by atoms with Crippen molar-refractivity contribution in [2.24, 2.45) is 13.0 Å². The van der Waals surface area contributed by atoms with Crippen LogP contribution in [0, 0.1) is 5.92 Å². The van der Waals surface area contributed by atoms with E-state index in [4.69, 9.17) is 0 Å². The molecule has 0 unspecified atom stereocenters. The molecule has 0 atom stereocenters. The van der Waals surface area contributed by atoms with Gasteiger partial charge in [-0.3, -0.25) is 0 Å². The number of nitrogens with zero attached hydrogens (tertiary/aromatic N) is 2. The van der Waals surface area contributed by atoms with Crippen LogP contribution in [0.25, 0.3) is 11.6 Å². The number of aromatic nitrogens is 2. The van der Waals surface area contributed by atoms with Crippen LogP contribution in [0.2, 0.25) is 0 Å². The molecule has 0 fully saturated rings. The van der Waals surface area contributed by atoms with Crippen molar-refractivity contribution in [3.05, 3.63) is 30.9 Å². The Labute approximate surface area is 79.6 Å². The predicted octanol–water partition coefficient (Wildman–Crippen LogP) is 2.73. The molecular weight excluding hydrogens is 160 g/mol. The summed E-state index contributed by atoms with van der Waals surface area (Å²) >= 11 is 0. The zero-order valence-corrected chi connectivity index (χ0v) is 8.54. The maximum atomic E-state index is 4.30. The van der Waals surface area contributed by atoms with E-state index in [0.717, 1.165) is 17.0 Å². The Balaban J connectivity index is 3.14. The van der Waals surface area contributed by atoms with Gasteiger partial charge in [-0.15, -0.1) is 0 Å². The Morgan fingerprint density at radius 2 is 2.23 bits per heavy atom. The molecule has 0 saturated carbocycles. The van der Waals surface area contributed by atoms with Crippen LogP contribution in [0.5, 0.6) is 0 Å². The maximum Gasteiger partial charge on any atom is 0.0955 e. The zero-order chi connectivity index (χ0) is 10.0. The lowest BCUT2D eigenvalue weighted by molar-refractivity contribution is 0.851. The second kappa shape index (κ2) is 3.60. The first-order chi connectivity index (χ1) is 6.07. The van der Waals surface area contributed by atoms with Crippen LogP contribution in [0.4, 0.5) is 0 Å². The van der Waals surface area contributed by atoms with Gasteiger partial charge in [0.15, 0.2) is 0 Å². The van der Waals surface area contributed by atoms with Crippen molar-refractivity contribution in [3.63, 3.8) is 0 Å². The average molecular weight is 176 g/mol. The van der Waals surface area contributed by atoms with Crippen LogP contribution in [-0.2, 0) is 7.05 Å². The van der Waals surface area contributed by atoms with Crippen molar-refractivity contribution in [3.8, 4) is 0 Å². The summed E-state index contributed by atoms with van der Waals surface area (Å²) < 4.78 is 1.95. The number of hydrogen-bond donors (Lipinski definition) is 0. The molecule has 2 nitrogen and oxygen atoms in total. The van der Waals surface area contributed by atoms with Crippen LogP contribution in [0.15, 0.2) is 19.5 Å². The molecule has 0 amide bonds. The van der Waals surface area contributed by atoms with Gasteiger partial charge in [-0.05, 0) is 17.6 Å². The van der Waals surface area contributed by atoms with Gasteiger partial charge in [0.1, 0.15) is 0 Å². The minimum absolute atomic E-state index is 0.425. The average Bonchev–Trinajstić information content (AvgIpc) is 2.45. The normalized spacial score (nSPS) is 10.5. The summed E-state index contributed by atoms with van der Waals surface area (Å²) in [6, 6.07) is 0. The summed E-state index contributed by atoms with van der Waals surface area (Å²) in [5, 5.41) is 0. The monoisotopic (exact) mass is 176 g/mol. The molecule has 0 aliphatic carbocycles. The molecule has 0 saturated heterocycles. The van der Waals surface area contributed by atoms with E-state index in [1.165, 1.54) is 0 Å². The first-order valence-electron chi connectivity index (χ1n) is 4.40. The molecule has 0 aliphatic heterocycles. The molecular formula is C11H16N2. The lowest BCUT2D eigenvalue weighted by atomic mass is 10.0. The Morgan fingerprint density at radius 3 is 2.69 bits per heavy atom. The highest BCUT2D eigenvalue weighted by Crippen LogP contribution is 2.23. The van der Waals surface area contributed by atoms with Crippen LogP contribution < -0.4 is 0 Å². The molecule has 1 aromatic heterocycles. The fourth-order valence-electron chi connectivity index (χ4n) is 1.20. The Hall–Kier alpha value is -1.31. The van der Waals surface area contributed by atoms with Crippen LogP contribution >= 0.6 is 0 Å². The molecule has 0 radical (unpaired) electrons. The highest BCUT2D eigenvalue weighted by molar-refractivity contribution is 5.69. The Kier molecular flexibility index (Phi) is 2.71. The van der Waals surface area contributed by atoms with E-state index >= 15 is 0 Å². The molecule has 0 spiro atoms. The summed E-state index contributed by atoms with van der Waals surface area (Å²) in [6.07, 6.45) is 3.61. The fourth-order valence-corrected chi connectivity index (χ4v) is 1.20. The highest BCUT2D eigenvalue weighted by atomic mass is 15.0. The summed E-state index contributed by atoms with van der Waals surface area (Å²) in [7, 11) is 1.96. The molecule has 0 bridgehead atoms. The molecule has 1 rings (SSSR count). The third kappa shape index (κ3) is 1.72. The lowest BCUT2D eigenvalue weighted by Crippen LogP contribution is -1.96. The third-order valence-corrected chi connectivity index (χ3v) is 2.18. The molecule has 0 N–H and O–H groups in total. The summed E-state index contributed by atoms with van der Waals surface area (Å²) in [6.45, 7) is 12.0. The van der Waals surface area contributed by atoms with E-state index in [9.17, 15) is 0 Å². The molecule has 70 valence electrons. The van der Waals surface area contributed by atoms with E-state index in [1.54, 1.807) is 6.33 Å². The van der Waals surface area contributed by atoms with Gasteiger partial charge in [-0.25, -0.2) is 4.98 Å². The largest absolute Gasteiger partial charge is 0.334 e. The van der Waals surface area contributed by atoms with Crippen molar-refractivity contribution in [1.29, 1.82) is 0 Å². The molecule has 0 aliphatic rings. The lowest BCUT2D eigenvalue weighted by Gasteiger charge is -2.07. The van der Waals surface area contributed by atoms with E-state index < -0.39 is 0 Å². The molecule has 2 heteroatoms. The van der Waals surface area contributed by atoms with Crippen LogP contribution in [0.3, 0.4) is 0 Å². The summed E-state index contributed by atoms with van der Waals surface area (Å²) in [4.78, 5) is 4.30. The third-order valence-electron chi connectivity index (χ3n) is 2.18. The Morgan fingerprint density at radius 1 is 1.62 bits per heavy atom. The molecule has 1 heterocycles. The van der Waals surface area contributed by atoms with Crippen molar-refractivity contribution in [2.45, 2.75) is 13.8 Å². The molecule has 13 heavy (non-hydrogen) atoms. The van der Waals surface area contributed by atoms with Crippen molar-refractivity contribution in [2.75, 3.05) is 0 Å². The van der Waals surface area contributed by atoms with Crippen molar-refractivity contribution in [1.82, 2.24) is 9.55 Å². The van der Waals surface area contributed by atoms with Gasteiger partial charge in [0, 0.05) is 7.05 Å². The Bertz CT molecular complexity index is 332. The fraction of sp³-hybridized carbons (Fsp3) is 0.364. The first kappa shape index (κ1) is 9.78. The minimum Gasteiger partial charge on any atom is -0.334 e. The number of rotatable bonds is 3. The topological polar surface area (TPSA) is 17.8 Å². The van der Waals surface area contributed by atoms with E-state index in [-0.39, 0.29) is 0 Å². The second-order valence-electron chi connectivity index (χ2n) is 3.47. The summed E-state index contributed by atoms with van der Waals surface area (Å²) in [5.74, 6) is 0.425. The van der Waals surface area contributed by atoms with Crippen molar-refractivity contribution >= 4 is 11.6 Å². The van der Waals surface area contributed by atoms with E-state index in [0.29, 0.717) is 5.92 Å². The summed E-state index contributed by atoms with van der Waals surface area (Å²) in [5.41, 5.74) is 3.07. The quantitative estimate of drug-likeness (QED) is 0.692. The van der Waals surface area contributed by atoms with Crippen LogP contribution in [-0.4, -0.2) is 9.55 Å². The predicted molar refractivity (Wildman–Crippen MR) is 57.2 cm³/mol. The number of hydrogen-bond acceptors (Lipinski definition) is 1. The van der Waals surface area contributed by atoms with Gasteiger partial charge in [-0.1, -0.05) is 27.0 Å². The number of allylic oxidation sites excluding steroid dienone is 1. The van der Waals surface area contributed by atoms with Gasteiger partial charge in [0.05, 0.1) is 17.7 Å². The molecule has 1 aromatic rings. The van der Waals surface area contributed by atoms with E-state index in [2.05, 4.69) is 32.0 Å². The molecule has 0 aromatic carbocycles. The first-order valence-corrected chi connectivity index (χ1v) is 4.40. The highest BCUT2D eigenvalue weighted by Gasteiger charge is 2.11. The van der Waals surface area contributed by atoms with Gasteiger partial charge in [0.25, 0.3) is 0 Å². The van der Waals surface area contributed by atoms with Gasteiger partial charge >= 0.3 is 0 Å². The van der Waals surface area contributed by atoms with Gasteiger partial charge in [-0.2, -0.15) is 0 Å². The second-order valence-corrected chi connectivity index (χ2v) is 3.47. The SMILES string of the molecule is C=Cc1c(C(=C)C(C)C)ncn1C. The smallest absolute Gasteiger partial charge is 0.0955 e. The maximum absolute atomic E-state index is 4.30. The van der Waals surface area contributed by atoms with Crippen molar-refractivity contribution < 1.29 is 0 Å². The van der Waals surface area contributed by atoms with Crippen LogP contribution in [0.1, 0.15) is 25.2 Å². The minimum atomic E-state index is 0.425. The van der Waals surface area contributed by atoms with E-state index in [1.807, 2.05) is 17.7 Å². The van der Waals surface area contributed by atoms with Gasteiger partial charge in [0.2, 0.25) is 0 Å².